The molecule has 2 aromatic carbocycles. The van der Waals surface area contributed by atoms with E-state index in [1.54, 1.807) is 18.3 Å². The Labute approximate surface area is 149 Å². The average Bonchev–Trinajstić information content (AvgIpc) is 2.66. The third kappa shape index (κ3) is 7.21. The highest BCUT2D eigenvalue weighted by molar-refractivity contribution is 5.94. The molecule has 4 nitrogen and oxygen atoms in total. The quantitative estimate of drug-likeness (QED) is 0.384. The number of carbonyl (C=O) groups excluding carboxylic acids is 1. The largest absolute Gasteiger partial charge is 0.494 e. The van der Waals surface area contributed by atoms with E-state index in [0.717, 1.165) is 24.3 Å². The van der Waals surface area contributed by atoms with Gasteiger partial charge in [0, 0.05) is 5.56 Å². The van der Waals surface area contributed by atoms with Gasteiger partial charge in [0.25, 0.3) is 5.91 Å². The van der Waals surface area contributed by atoms with Gasteiger partial charge in [-0.3, -0.25) is 4.79 Å². The zero-order chi connectivity index (χ0) is 17.7. The van der Waals surface area contributed by atoms with Crippen molar-refractivity contribution in [3.63, 3.8) is 0 Å². The van der Waals surface area contributed by atoms with Gasteiger partial charge in [-0.15, -0.1) is 0 Å². The van der Waals surface area contributed by atoms with E-state index >= 15 is 0 Å². The van der Waals surface area contributed by atoms with Gasteiger partial charge in [-0.05, 0) is 48.4 Å². The highest BCUT2D eigenvalue weighted by Gasteiger charge is 2.01. The molecule has 0 unspecified atom stereocenters. The van der Waals surface area contributed by atoms with E-state index in [0.29, 0.717) is 5.56 Å². The maximum atomic E-state index is 11.9. The van der Waals surface area contributed by atoms with Crippen LogP contribution in [0, 0.1) is 0 Å². The Hall–Kier alpha value is -2.62. The van der Waals surface area contributed by atoms with E-state index in [4.69, 9.17) is 4.74 Å². The highest BCUT2D eigenvalue weighted by atomic mass is 16.5. The van der Waals surface area contributed by atoms with Crippen LogP contribution in [0.2, 0.25) is 0 Å². The van der Waals surface area contributed by atoms with Crippen molar-refractivity contribution in [1.29, 1.82) is 0 Å². The van der Waals surface area contributed by atoms with Crippen LogP contribution in [0.5, 0.6) is 5.75 Å². The number of ether oxygens (including phenoxy) is 1. The lowest BCUT2D eigenvalue weighted by Crippen LogP contribution is -2.17. The maximum absolute atomic E-state index is 11.9. The first-order valence-electron chi connectivity index (χ1n) is 8.91. The van der Waals surface area contributed by atoms with Gasteiger partial charge >= 0.3 is 0 Å². The summed E-state index contributed by atoms with van der Waals surface area (Å²) in [5, 5.41) is 3.99. The van der Waals surface area contributed by atoms with Crippen molar-refractivity contribution in [3.8, 4) is 5.75 Å². The summed E-state index contributed by atoms with van der Waals surface area (Å²) >= 11 is 0. The molecule has 0 aromatic heterocycles. The first-order valence-corrected chi connectivity index (χ1v) is 8.91. The third-order valence-corrected chi connectivity index (χ3v) is 3.81. The lowest BCUT2D eigenvalue weighted by molar-refractivity contribution is 0.0955. The fourth-order valence-electron chi connectivity index (χ4n) is 2.37. The molecule has 25 heavy (non-hydrogen) atoms. The molecule has 0 aliphatic heterocycles. The molecule has 0 saturated heterocycles. The molecule has 0 aliphatic rings. The second-order valence-corrected chi connectivity index (χ2v) is 5.90. The van der Waals surface area contributed by atoms with Crippen LogP contribution in [0.4, 0.5) is 0 Å². The number of hydrogen-bond donors (Lipinski definition) is 1. The molecular formula is C21H26N2O2. The predicted molar refractivity (Wildman–Crippen MR) is 102 cm³/mol. The molecule has 1 N–H and O–H groups in total. The Morgan fingerprint density at radius 2 is 1.72 bits per heavy atom. The van der Waals surface area contributed by atoms with Gasteiger partial charge < -0.3 is 4.74 Å². The summed E-state index contributed by atoms with van der Waals surface area (Å²) < 4.78 is 5.73. The van der Waals surface area contributed by atoms with Gasteiger partial charge in [0.1, 0.15) is 5.75 Å². The number of unbranched alkanes of at least 4 members (excludes halogenated alkanes) is 4. The monoisotopic (exact) mass is 338 g/mol. The van der Waals surface area contributed by atoms with Crippen molar-refractivity contribution in [1.82, 2.24) is 5.43 Å². The van der Waals surface area contributed by atoms with Gasteiger partial charge in [-0.1, -0.05) is 50.8 Å². The Morgan fingerprint density at radius 1 is 1.00 bits per heavy atom. The van der Waals surface area contributed by atoms with Gasteiger partial charge in [0.15, 0.2) is 0 Å². The number of amides is 1. The number of hydrogen-bond acceptors (Lipinski definition) is 3. The molecule has 0 bridgehead atoms. The predicted octanol–water partition coefficient (Wildman–Crippen LogP) is 4.80. The van der Waals surface area contributed by atoms with Gasteiger partial charge in [0.2, 0.25) is 0 Å². The van der Waals surface area contributed by atoms with Gasteiger partial charge in [-0.2, -0.15) is 5.10 Å². The number of carbonyl (C=O) groups is 1. The normalized spacial score (nSPS) is 10.8. The molecular weight excluding hydrogens is 312 g/mol. The van der Waals surface area contributed by atoms with Crippen LogP contribution in [0.15, 0.2) is 59.7 Å². The zero-order valence-corrected chi connectivity index (χ0v) is 14.8. The Kier molecular flexibility index (Phi) is 8.25. The van der Waals surface area contributed by atoms with Crippen LogP contribution in [0.25, 0.3) is 0 Å². The highest BCUT2D eigenvalue weighted by Crippen LogP contribution is 2.12. The topological polar surface area (TPSA) is 50.7 Å². The molecule has 1 amide bonds. The fourth-order valence-corrected chi connectivity index (χ4v) is 2.37. The lowest BCUT2D eigenvalue weighted by atomic mass is 10.2. The van der Waals surface area contributed by atoms with Crippen molar-refractivity contribution in [2.75, 3.05) is 6.61 Å². The van der Waals surface area contributed by atoms with E-state index in [1.165, 1.54) is 25.7 Å². The van der Waals surface area contributed by atoms with Gasteiger partial charge in [0.05, 0.1) is 12.8 Å². The molecule has 2 aromatic rings. The molecule has 0 radical (unpaired) electrons. The van der Waals surface area contributed by atoms with E-state index in [-0.39, 0.29) is 5.91 Å². The van der Waals surface area contributed by atoms with E-state index in [1.807, 2.05) is 42.5 Å². The molecule has 0 fully saturated rings. The summed E-state index contributed by atoms with van der Waals surface area (Å²) in [6.07, 6.45) is 7.78. The summed E-state index contributed by atoms with van der Waals surface area (Å²) in [6, 6.07) is 16.7. The van der Waals surface area contributed by atoms with E-state index in [2.05, 4.69) is 17.5 Å². The minimum Gasteiger partial charge on any atom is -0.494 e. The van der Waals surface area contributed by atoms with Gasteiger partial charge in [-0.25, -0.2) is 5.43 Å². The summed E-state index contributed by atoms with van der Waals surface area (Å²) in [6.45, 7) is 2.97. The Morgan fingerprint density at radius 3 is 2.44 bits per heavy atom. The number of nitrogens with zero attached hydrogens (tertiary/aromatic N) is 1. The van der Waals surface area contributed by atoms with Crippen LogP contribution in [0.3, 0.4) is 0 Å². The molecule has 2 rings (SSSR count). The van der Waals surface area contributed by atoms with Crippen molar-refractivity contribution in [3.05, 3.63) is 65.7 Å². The second kappa shape index (κ2) is 11.0. The number of rotatable bonds is 10. The third-order valence-electron chi connectivity index (χ3n) is 3.81. The summed E-state index contributed by atoms with van der Waals surface area (Å²) in [5.41, 5.74) is 4.01. The molecule has 4 heteroatoms. The minimum absolute atomic E-state index is 0.222. The molecule has 132 valence electrons. The van der Waals surface area contributed by atoms with Crippen LogP contribution in [-0.2, 0) is 0 Å². The number of hydrazone groups is 1. The van der Waals surface area contributed by atoms with Crippen LogP contribution >= 0.6 is 0 Å². The molecule has 0 saturated carbocycles. The number of benzene rings is 2. The first kappa shape index (κ1) is 18.7. The summed E-state index contributed by atoms with van der Waals surface area (Å²) in [4.78, 5) is 11.9. The fraction of sp³-hybridized carbons (Fsp3) is 0.333. The van der Waals surface area contributed by atoms with E-state index < -0.39 is 0 Å². The van der Waals surface area contributed by atoms with E-state index in [9.17, 15) is 4.79 Å². The van der Waals surface area contributed by atoms with Crippen molar-refractivity contribution in [2.24, 2.45) is 5.10 Å². The first-order chi connectivity index (χ1) is 12.3. The van der Waals surface area contributed by atoms with Crippen molar-refractivity contribution < 1.29 is 9.53 Å². The zero-order valence-electron chi connectivity index (χ0n) is 14.8. The lowest BCUT2D eigenvalue weighted by Gasteiger charge is -2.06. The Bertz CT molecular complexity index is 651. The molecule has 0 atom stereocenters. The maximum Gasteiger partial charge on any atom is 0.271 e. The average molecular weight is 338 g/mol. The molecule has 0 spiro atoms. The summed E-state index contributed by atoms with van der Waals surface area (Å²) in [7, 11) is 0. The Balaban J connectivity index is 1.71. The van der Waals surface area contributed by atoms with Crippen LogP contribution < -0.4 is 10.2 Å². The minimum atomic E-state index is -0.222. The van der Waals surface area contributed by atoms with Crippen LogP contribution in [-0.4, -0.2) is 18.7 Å². The standard InChI is InChI=1S/C21H26N2O2/c1-2-3-4-5-9-16-25-20-14-12-18(13-15-20)17-22-23-21(24)19-10-7-6-8-11-19/h6-8,10-15,17H,2-5,9,16H2,1H3,(H,23,24)/b22-17-. The smallest absolute Gasteiger partial charge is 0.271 e. The van der Waals surface area contributed by atoms with Crippen molar-refractivity contribution >= 4 is 12.1 Å². The molecule has 0 aliphatic carbocycles. The SMILES string of the molecule is CCCCCCCOc1ccc(/C=N\NC(=O)c2ccccc2)cc1. The summed E-state index contributed by atoms with van der Waals surface area (Å²) in [5.74, 6) is 0.640. The van der Waals surface area contributed by atoms with Crippen LogP contribution in [0.1, 0.15) is 54.9 Å². The number of nitrogens with one attached hydrogen (secondary N) is 1. The second-order valence-electron chi connectivity index (χ2n) is 5.90. The van der Waals surface area contributed by atoms with Crippen molar-refractivity contribution in [2.45, 2.75) is 39.0 Å². The molecule has 0 heterocycles.